The Kier molecular flexibility index (Phi) is 3.28. The van der Waals surface area contributed by atoms with Crippen molar-refractivity contribution in [3.63, 3.8) is 0 Å². The Morgan fingerprint density at radius 1 is 1.58 bits per heavy atom. The Morgan fingerprint density at radius 2 is 2.33 bits per heavy atom. The number of aryl methyl sites for hydroxylation is 1. The number of hydrogen-bond donors (Lipinski definition) is 2. The zero-order valence-electron chi connectivity index (χ0n) is 7.21. The number of nitrogens with one attached hydrogen (secondary N) is 1. The molecule has 4 nitrogen and oxygen atoms in total. The zero-order valence-corrected chi connectivity index (χ0v) is 8.02. The van der Waals surface area contributed by atoms with Crippen molar-refractivity contribution in [2.24, 2.45) is 0 Å². The monoisotopic (exact) mass is 186 g/mol. The Morgan fingerprint density at radius 3 is 2.83 bits per heavy atom. The third-order valence-corrected chi connectivity index (χ3v) is 2.32. The van der Waals surface area contributed by atoms with Crippen LogP contribution in [0, 0.1) is 5.41 Å². The molecule has 0 aliphatic heterocycles. The van der Waals surface area contributed by atoms with Gasteiger partial charge < -0.3 is 5.73 Å². The molecule has 3 N–H and O–H groups in total. The van der Waals surface area contributed by atoms with Crippen molar-refractivity contribution in [3.8, 4) is 0 Å². The smallest absolute Gasteiger partial charge is 0.202 e. The summed E-state index contributed by atoms with van der Waals surface area (Å²) >= 11 is 1.22. The fourth-order valence-electron chi connectivity index (χ4n) is 1.000. The van der Waals surface area contributed by atoms with Crippen LogP contribution in [0.1, 0.15) is 26.2 Å². The van der Waals surface area contributed by atoms with Crippen molar-refractivity contribution in [3.05, 3.63) is 4.80 Å². The van der Waals surface area contributed by atoms with E-state index in [1.165, 1.54) is 24.2 Å². The third kappa shape index (κ3) is 2.34. The first-order valence-corrected chi connectivity index (χ1v) is 4.93. The van der Waals surface area contributed by atoms with Crippen LogP contribution in [0.5, 0.6) is 0 Å². The van der Waals surface area contributed by atoms with Gasteiger partial charge in [-0.25, -0.2) is 4.68 Å². The minimum atomic E-state index is 0.448. The second-order valence-electron chi connectivity index (χ2n) is 2.68. The highest BCUT2D eigenvalue weighted by atomic mass is 32.1. The van der Waals surface area contributed by atoms with Gasteiger partial charge in [0.05, 0.1) is 0 Å². The predicted molar refractivity (Wildman–Crippen MR) is 49.9 cm³/mol. The van der Waals surface area contributed by atoms with Crippen LogP contribution < -0.4 is 10.5 Å². The molecule has 0 aliphatic rings. The van der Waals surface area contributed by atoms with Gasteiger partial charge in [0, 0.05) is 6.54 Å². The Bertz CT molecular complexity index is 288. The van der Waals surface area contributed by atoms with Crippen LogP contribution in [0.2, 0.25) is 0 Å². The third-order valence-electron chi connectivity index (χ3n) is 1.63. The van der Waals surface area contributed by atoms with Gasteiger partial charge >= 0.3 is 0 Å². The van der Waals surface area contributed by atoms with Gasteiger partial charge in [-0.15, -0.1) is 5.10 Å². The molecule has 0 aromatic carbocycles. The number of unbranched alkanes of at least 4 members (excludes halogenated alkanes) is 2. The molecule has 0 saturated heterocycles. The maximum absolute atomic E-state index is 7.47. The fourth-order valence-corrected chi connectivity index (χ4v) is 1.57. The molecular weight excluding hydrogens is 172 g/mol. The molecule has 0 radical (unpaired) electrons. The van der Waals surface area contributed by atoms with E-state index >= 15 is 0 Å². The summed E-state index contributed by atoms with van der Waals surface area (Å²) in [7, 11) is 0. The lowest BCUT2D eigenvalue weighted by molar-refractivity contribution is 0.535. The van der Waals surface area contributed by atoms with Crippen molar-refractivity contribution < 1.29 is 0 Å². The average Bonchev–Trinajstić information content (AvgIpc) is 2.31. The first-order valence-electron chi connectivity index (χ1n) is 4.12. The number of nitrogens with zero attached hydrogens (tertiary/aromatic N) is 2. The van der Waals surface area contributed by atoms with Crippen molar-refractivity contribution in [2.75, 3.05) is 5.73 Å². The summed E-state index contributed by atoms with van der Waals surface area (Å²) in [6.07, 6.45) is 3.45. The van der Waals surface area contributed by atoms with Crippen LogP contribution in [-0.4, -0.2) is 9.78 Å². The maximum Gasteiger partial charge on any atom is 0.202 e. The van der Waals surface area contributed by atoms with E-state index in [1.54, 1.807) is 4.68 Å². The van der Waals surface area contributed by atoms with Crippen LogP contribution in [-0.2, 0) is 6.54 Å². The lowest BCUT2D eigenvalue weighted by Gasteiger charge is -1.97. The van der Waals surface area contributed by atoms with E-state index in [2.05, 4.69) is 12.0 Å². The molecule has 0 amide bonds. The Balaban J connectivity index is 2.51. The van der Waals surface area contributed by atoms with E-state index in [4.69, 9.17) is 11.1 Å². The van der Waals surface area contributed by atoms with Gasteiger partial charge in [0.15, 0.2) is 0 Å². The van der Waals surface area contributed by atoms with E-state index in [0.717, 1.165) is 13.0 Å². The van der Waals surface area contributed by atoms with Crippen LogP contribution in [0.15, 0.2) is 0 Å². The number of aromatic nitrogens is 2. The van der Waals surface area contributed by atoms with Gasteiger partial charge in [0.25, 0.3) is 0 Å². The highest BCUT2D eigenvalue weighted by molar-refractivity contribution is 7.12. The molecule has 0 unspecified atom stereocenters. The average molecular weight is 186 g/mol. The minimum absolute atomic E-state index is 0.448. The SMILES string of the molecule is CCCCCn1nc(N)sc1=N. The first kappa shape index (κ1) is 9.25. The van der Waals surface area contributed by atoms with E-state index < -0.39 is 0 Å². The molecular formula is C7H14N4S. The van der Waals surface area contributed by atoms with E-state index in [9.17, 15) is 0 Å². The van der Waals surface area contributed by atoms with Gasteiger partial charge in [-0.2, -0.15) is 0 Å². The maximum atomic E-state index is 7.47. The molecule has 0 fully saturated rings. The summed E-state index contributed by atoms with van der Waals surface area (Å²) in [5.74, 6) is 0. The highest BCUT2D eigenvalue weighted by Crippen LogP contribution is 2.01. The predicted octanol–water partition coefficient (Wildman–Crippen LogP) is 1.20. The normalized spacial score (nSPS) is 10.4. The van der Waals surface area contributed by atoms with Crippen molar-refractivity contribution in [2.45, 2.75) is 32.7 Å². The summed E-state index contributed by atoms with van der Waals surface area (Å²) < 4.78 is 1.66. The number of anilines is 1. The standard InChI is InChI=1S/C7H14N4S/c1-2-3-4-5-11-7(9)12-6(8)10-11/h9H,2-5H2,1H3,(H2,8,10). The van der Waals surface area contributed by atoms with Gasteiger partial charge in [-0.05, 0) is 6.42 Å². The van der Waals surface area contributed by atoms with Crippen molar-refractivity contribution in [1.29, 1.82) is 5.41 Å². The molecule has 1 heterocycles. The lowest BCUT2D eigenvalue weighted by atomic mass is 10.2. The van der Waals surface area contributed by atoms with Gasteiger partial charge in [0.2, 0.25) is 9.93 Å². The minimum Gasteiger partial charge on any atom is -0.374 e. The largest absolute Gasteiger partial charge is 0.374 e. The number of nitrogen functional groups attached to an aromatic ring is 1. The molecule has 0 spiro atoms. The van der Waals surface area contributed by atoms with E-state index in [0.29, 0.717) is 9.93 Å². The summed E-state index contributed by atoms with van der Waals surface area (Å²) in [6.45, 7) is 2.97. The number of hydrogen-bond acceptors (Lipinski definition) is 4. The lowest BCUT2D eigenvalue weighted by Crippen LogP contribution is -2.14. The summed E-state index contributed by atoms with van der Waals surface area (Å²) in [4.78, 5) is 0.448. The number of nitrogens with two attached hydrogens (primary N) is 1. The first-order chi connectivity index (χ1) is 5.74. The Hall–Kier alpha value is -0.840. The van der Waals surface area contributed by atoms with E-state index in [-0.39, 0.29) is 0 Å². The molecule has 0 saturated carbocycles. The Labute approximate surface area is 75.5 Å². The molecule has 5 heteroatoms. The molecule has 0 bridgehead atoms. The van der Waals surface area contributed by atoms with Crippen LogP contribution >= 0.6 is 11.3 Å². The zero-order chi connectivity index (χ0) is 8.97. The fraction of sp³-hybridized carbons (Fsp3) is 0.714. The summed E-state index contributed by atoms with van der Waals surface area (Å²) in [5, 5.41) is 12.0. The molecule has 0 atom stereocenters. The van der Waals surface area contributed by atoms with E-state index in [1.807, 2.05) is 0 Å². The van der Waals surface area contributed by atoms with Crippen LogP contribution in [0.25, 0.3) is 0 Å². The highest BCUT2D eigenvalue weighted by Gasteiger charge is 1.98. The van der Waals surface area contributed by atoms with Crippen molar-refractivity contribution in [1.82, 2.24) is 9.78 Å². The topological polar surface area (TPSA) is 67.7 Å². The molecule has 0 aliphatic carbocycles. The van der Waals surface area contributed by atoms with Crippen molar-refractivity contribution >= 4 is 16.5 Å². The number of rotatable bonds is 4. The van der Waals surface area contributed by atoms with Gasteiger partial charge in [-0.1, -0.05) is 31.1 Å². The summed E-state index contributed by atoms with van der Waals surface area (Å²) in [5.41, 5.74) is 5.45. The molecule has 1 aromatic rings. The van der Waals surface area contributed by atoms with Gasteiger partial charge in [0.1, 0.15) is 0 Å². The molecule has 12 heavy (non-hydrogen) atoms. The van der Waals surface area contributed by atoms with Gasteiger partial charge in [-0.3, -0.25) is 5.41 Å². The van der Waals surface area contributed by atoms with Crippen LogP contribution in [0.3, 0.4) is 0 Å². The second-order valence-corrected chi connectivity index (χ2v) is 3.68. The second kappa shape index (κ2) is 4.25. The molecule has 68 valence electrons. The van der Waals surface area contributed by atoms with Crippen LogP contribution in [0.4, 0.5) is 5.13 Å². The quantitative estimate of drug-likeness (QED) is 0.694. The molecule has 1 aromatic heterocycles. The summed E-state index contributed by atoms with van der Waals surface area (Å²) in [6, 6.07) is 0. The molecule has 1 rings (SSSR count).